The van der Waals surface area contributed by atoms with E-state index in [1.54, 1.807) is 6.20 Å². The van der Waals surface area contributed by atoms with Crippen LogP contribution in [0.5, 0.6) is 0 Å². The van der Waals surface area contributed by atoms with Gasteiger partial charge in [0.25, 0.3) is 5.91 Å². The highest BCUT2D eigenvalue weighted by molar-refractivity contribution is 6.18. The number of hydrogen-bond donors (Lipinski definition) is 3. The van der Waals surface area contributed by atoms with Crippen LogP contribution < -0.4 is 10.6 Å². The summed E-state index contributed by atoms with van der Waals surface area (Å²) in [5.74, 6) is 0.593. The maximum absolute atomic E-state index is 13.3. The first-order valence-corrected chi connectivity index (χ1v) is 11.6. The number of fused-ring (bicyclic) bond motifs is 1. The zero-order chi connectivity index (χ0) is 23.5. The van der Waals surface area contributed by atoms with Gasteiger partial charge >= 0.3 is 0 Å². The highest BCUT2D eigenvalue weighted by Gasteiger charge is 2.25. The summed E-state index contributed by atoms with van der Waals surface area (Å²) >= 11 is 0. The van der Waals surface area contributed by atoms with E-state index in [2.05, 4.69) is 25.6 Å². The summed E-state index contributed by atoms with van der Waals surface area (Å²) in [5.41, 5.74) is 3.50. The van der Waals surface area contributed by atoms with Gasteiger partial charge in [0.15, 0.2) is 5.78 Å². The van der Waals surface area contributed by atoms with Gasteiger partial charge < -0.3 is 15.6 Å². The molecular weight excluding hydrogens is 426 g/mol. The minimum Gasteiger partial charge on any atom is -0.367 e. The van der Waals surface area contributed by atoms with Crippen molar-refractivity contribution in [1.82, 2.24) is 20.3 Å². The van der Waals surface area contributed by atoms with Gasteiger partial charge in [-0.3, -0.25) is 9.59 Å². The van der Waals surface area contributed by atoms with Crippen LogP contribution in [-0.4, -0.2) is 38.7 Å². The second-order valence-electron chi connectivity index (χ2n) is 8.82. The van der Waals surface area contributed by atoms with Crippen molar-refractivity contribution < 1.29 is 9.59 Å². The Kier molecular flexibility index (Phi) is 6.08. The molecule has 1 saturated carbocycles. The van der Waals surface area contributed by atoms with E-state index in [0.29, 0.717) is 28.2 Å². The Balaban J connectivity index is 1.29. The maximum Gasteiger partial charge on any atom is 0.251 e. The van der Waals surface area contributed by atoms with E-state index < -0.39 is 0 Å². The molecule has 0 saturated heterocycles. The molecule has 1 amide bonds. The first-order chi connectivity index (χ1) is 16.6. The molecule has 172 valence electrons. The predicted octanol–water partition coefficient (Wildman–Crippen LogP) is 4.65. The lowest BCUT2D eigenvalue weighted by Crippen LogP contribution is -2.40. The van der Waals surface area contributed by atoms with Crippen LogP contribution in [0.3, 0.4) is 0 Å². The minimum atomic E-state index is -0.0467. The summed E-state index contributed by atoms with van der Waals surface area (Å²) in [7, 11) is 0. The monoisotopic (exact) mass is 453 g/mol. The second kappa shape index (κ2) is 9.47. The van der Waals surface area contributed by atoms with Gasteiger partial charge in [0.05, 0.1) is 10.9 Å². The quantitative estimate of drug-likeness (QED) is 0.369. The molecule has 34 heavy (non-hydrogen) atoms. The topological polar surface area (TPSA) is 99.8 Å². The number of aryl methyl sites for hydroxylation is 1. The van der Waals surface area contributed by atoms with Crippen molar-refractivity contribution in [3.63, 3.8) is 0 Å². The average Bonchev–Trinajstić information content (AvgIpc) is 3.31. The Morgan fingerprint density at radius 3 is 2.35 bits per heavy atom. The van der Waals surface area contributed by atoms with Crippen LogP contribution in [-0.2, 0) is 0 Å². The zero-order valence-electron chi connectivity index (χ0n) is 19.0. The van der Waals surface area contributed by atoms with E-state index in [0.717, 1.165) is 36.6 Å². The van der Waals surface area contributed by atoms with Crippen molar-refractivity contribution in [2.75, 3.05) is 5.32 Å². The Morgan fingerprint density at radius 1 is 0.882 bits per heavy atom. The summed E-state index contributed by atoms with van der Waals surface area (Å²) in [6.07, 6.45) is 6.79. The fourth-order valence-corrected chi connectivity index (χ4v) is 4.66. The van der Waals surface area contributed by atoms with Crippen LogP contribution in [0.25, 0.3) is 11.0 Å². The fraction of sp³-hybridized carbons (Fsp3) is 0.259. The molecule has 7 nitrogen and oxygen atoms in total. The normalized spacial score (nSPS) is 17.9. The number of nitrogens with zero attached hydrogens (tertiary/aromatic N) is 2. The van der Waals surface area contributed by atoms with Gasteiger partial charge in [-0.2, -0.15) is 0 Å². The van der Waals surface area contributed by atoms with Gasteiger partial charge in [0, 0.05) is 29.4 Å². The molecule has 0 spiro atoms. The van der Waals surface area contributed by atoms with E-state index in [1.807, 2.05) is 61.5 Å². The molecule has 3 N–H and O–H groups in total. The number of amides is 1. The zero-order valence-corrected chi connectivity index (χ0v) is 19.0. The molecule has 0 atom stereocenters. The number of hydrogen-bond acceptors (Lipinski definition) is 5. The van der Waals surface area contributed by atoms with Crippen molar-refractivity contribution in [2.24, 2.45) is 0 Å². The van der Waals surface area contributed by atoms with Gasteiger partial charge in [-0.25, -0.2) is 9.97 Å². The number of aromatic nitrogens is 3. The molecule has 0 radical (unpaired) electrons. The lowest BCUT2D eigenvalue weighted by molar-refractivity contribution is 0.0926. The van der Waals surface area contributed by atoms with E-state index >= 15 is 0 Å². The molecule has 1 aliphatic carbocycles. The molecule has 4 aromatic rings. The van der Waals surface area contributed by atoms with Crippen LogP contribution in [0.15, 0.2) is 67.1 Å². The number of carbonyl (C=O) groups is 2. The first-order valence-electron chi connectivity index (χ1n) is 11.6. The van der Waals surface area contributed by atoms with E-state index in [4.69, 9.17) is 0 Å². The molecular formula is C27H27N5O2. The van der Waals surface area contributed by atoms with Gasteiger partial charge in [-0.15, -0.1) is 0 Å². The number of nitrogens with one attached hydrogen (secondary N) is 3. The standard InChI is InChI=1S/C27H27N5O2/c1-17-7-5-6-10-21(17)24(33)22-15-28-25-23(22)26(30-16-29-25)31-19-11-13-20(14-12-19)32-27(34)18-8-3-2-4-9-18/h2-10,15-16,19-20H,11-14H2,1H3,(H,32,34)(H2,28,29,30,31)/t19-,20+. The van der Waals surface area contributed by atoms with Crippen molar-refractivity contribution in [2.45, 2.75) is 44.7 Å². The van der Waals surface area contributed by atoms with Gasteiger partial charge in [0.1, 0.15) is 17.8 Å². The molecule has 7 heteroatoms. The smallest absolute Gasteiger partial charge is 0.251 e. The summed E-state index contributed by atoms with van der Waals surface area (Å²) in [4.78, 5) is 37.7. The van der Waals surface area contributed by atoms with Crippen LogP contribution in [0.2, 0.25) is 0 Å². The van der Waals surface area contributed by atoms with Crippen molar-refractivity contribution >= 4 is 28.5 Å². The van der Waals surface area contributed by atoms with Crippen molar-refractivity contribution in [3.05, 3.63) is 89.4 Å². The third-order valence-electron chi connectivity index (χ3n) is 6.54. The average molecular weight is 454 g/mol. The molecule has 2 aromatic heterocycles. The fourth-order valence-electron chi connectivity index (χ4n) is 4.66. The Hall–Kier alpha value is -4.00. The number of anilines is 1. The maximum atomic E-state index is 13.3. The third-order valence-corrected chi connectivity index (χ3v) is 6.54. The van der Waals surface area contributed by atoms with Crippen LogP contribution in [0.1, 0.15) is 57.5 Å². The van der Waals surface area contributed by atoms with Gasteiger partial charge in [0.2, 0.25) is 0 Å². The molecule has 2 aromatic carbocycles. The Labute approximate surface area is 198 Å². The number of carbonyl (C=O) groups excluding carboxylic acids is 2. The molecule has 0 unspecified atom stereocenters. The van der Waals surface area contributed by atoms with Crippen molar-refractivity contribution in [3.8, 4) is 0 Å². The first kappa shape index (κ1) is 21.8. The van der Waals surface area contributed by atoms with E-state index in [9.17, 15) is 9.59 Å². The predicted molar refractivity (Wildman–Crippen MR) is 132 cm³/mol. The van der Waals surface area contributed by atoms with E-state index in [-0.39, 0.29) is 23.8 Å². The molecule has 1 aliphatic rings. The van der Waals surface area contributed by atoms with Gasteiger partial charge in [-0.05, 0) is 50.3 Å². The summed E-state index contributed by atoms with van der Waals surface area (Å²) < 4.78 is 0. The SMILES string of the molecule is Cc1ccccc1C(=O)c1c[nH]c2ncnc(N[C@H]3CC[C@@H](NC(=O)c4ccccc4)CC3)c12. The number of H-pyrrole nitrogens is 1. The van der Waals surface area contributed by atoms with E-state index in [1.165, 1.54) is 6.33 Å². The summed E-state index contributed by atoms with van der Waals surface area (Å²) in [5, 5.41) is 7.41. The number of ketones is 1. The summed E-state index contributed by atoms with van der Waals surface area (Å²) in [6, 6.07) is 17.3. The number of aromatic amines is 1. The Morgan fingerprint density at radius 2 is 1.59 bits per heavy atom. The van der Waals surface area contributed by atoms with Crippen LogP contribution in [0.4, 0.5) is 5.82 Å². The number of rotatable bonds is 6. The number of benzene rings is 2. The molecule has 5 rings (SSSR count). The molecule has 0 bridgehead atoms. The van der Waals surface area contributed by atoms with Crippen molar-refractivity contribution in [1.29, 1.82) is 0 Å². The third kappa shape index (κ3) is 4.41. The molecule has 2 heterocycles. The minimum absolute atomic E-state index is 0.0267. The van der Waals surface area contributed by atoms with Crippen LogP contribution in [0, 0.1) is 6.92 Å². The van der Waals surface area contributed by atoms with Gasteiger partial charge in [-0.1, -0.05) is 42.5 Å². The Bertz CT molecular complexity index is 1320. The lowest BCUT2D eigenvalue weighted by Gasteiger charge is -2.30. The summed E-state index contributed by atoms with van der Waals surface area (Å²) in [6.45, 7) is 1.94. The van der Waals surface area contributed by atoms with Crippen LogP contribution >= 0.6 is 0 Å². The lowest BCUT2D eigenvalue weighted by atomic mass is 9.90. The molecule has 1 fully saturated rings. The highest BCUT2D eigenvalue weighted by atomic mass is 16.1. The largest absolute Gasteiger partial charge is 0.367 e. The second-order valence-corrected chi connectivity index (χ2v) is 8.82. The molecule has 0 aliphatic heterocycles. The highest BCUT2D eigenvalue weighted by Crippen LogP contribution is 2.29.